The Labute approximate surface area is 129 Å². The summed E-state index contributed by atoms with van der Waals surface area (Å²) in [6, 6.07) is 12.0. The van der Waals surface area contributed by atoms with E-state index in [1.54, 1.807) is 30.5 Å². The third-order valence-electron chi connectivity index (χ3n) is 2.91. The number of nitrogens with zero attached hydrogens (tertiary/aromatic N) is 1. The quantitative estimate of drug-likeness (QED) is 0.791. The van der Waals surface area contributed by atoms with Crippen molar-refractivity contribution in [1.82, 2.24) is 15.6 Å². The second kappa shape index (κ2) is 7.78. The van der Waals surface area contributed by atoms with Gasteiger partial charge in [-0.05, 0) is 31.2 Å². The zero-order valence-corrected chi connectivity index (χ0v) is 12.3. The highest BCUT2D eigenvalue weighted by Gasteiger charge is 2.12. The van der Waals surface area contributed by atoms with Crippen LogP contribution in [0, 0.1) is 0 Å². The highest BCUT2D eigenvalue weighted by Crippen LogP contribution is 2.14. The molecular formula is C16H18N4O2. The van der Waals surface area contributed by atoms with E-state index in [9.17, 15) is 9.59 Å². The molecule has 0 aliphatic rings. The zero-order chi connectivity index (χ0) is 15.8. The largest absolute Gasteiger partial charge is 0.346 e. The van der Waals surface area contributed by atoms with Gasteiger partial charge < -0.3 is 16.0 Å². The molecule has 1 heterocycles. The fraction of sp³-hybridized carbons (Fsp3) is 0.188. The maximum atomic E-state index is 12.3. The van der Waals surface area contributed by atoms with Gasteiger partial charge in [-0.2, -0.15) is 0 Å². The third-order valence-corrected chi connectivity index (χ3v) is 2.91. The number of benzene rings is 1. The second-order valence-corrected chi connectivity index (χ2v) is 4.53. The van der Waals surface area contributed by atoms with Gasteiger partial charge in [0.05, 0.1) is 23.5 Å². The van der Waals surface area contributed by atoms with Crippen LogP contribution < -0.4 is 16.0 Å². The van der Waals surface area contributed by atoms with Gasteiger partial charge >= 0.3 is 6.03 Å². The molecule has 0 unspecified atom stereocenters. The molecule has 3 N–H and O–H groups in total. The fourth-order valence-corrected chi connectivity index (χ4v) is 1.89. The summed E-state index contributed by atoms with van der Waals surface area (Å²) < 4.78 is 0. The SMILES string of the molecule is CCNC(=O)Nc1ccccc1C(=O)NCc1ccccn1. The number of hydrogen-bond donors (Lipinski definition) is 3. The lowest BCUT2D eigenvalue weighted by molar-refractivity contribution is 0.0951. The van der Waals surface area contributed by atoms with E-state index < -0.39 is 0 Å². The smallest absolute Gasteiger partial charge is 0.319 e. The molecule has 0 bridgehead atoms. The standard InChI is InChI=1S/C16H18N4O2/c1-2-17-16(22)20-14-9-4-3-8-13(14)15(21)19-11-12-7-5-6-10-18-12/h3-10H,2,11H2,1H3,(H,19,21)(H2,17,20,22). The molecule has 1 aromatic carbocycles. The number of para-hydroxylation sites is 1. The van der Waals surface area contributed by atoms with Crippen LogP contribution in [-0.4, -0.2) is 23.5 Å². The number of carbonyl (C=O) groups is 2. The minimum Gasteiger partial charge on any atom is -0.346 e. The molecule has 6 heteroatoms. The molecule has 0 fully saturated rings. The van der Waals surface area contributed by atoms with E-state index in [1.807, 2.05) is 25.1 Å². The molecule has 114 valence electrons. The summed E-state index contributed by atoms with van der Waals surface area (Å²) in [5.41, 5.74) is 1.64. The van der Waals surface area contributed by atoms with Gasteiger partial charge in [-0.25, -0.2) is 4.79 Å². The highest BCUT2D eigenvalue weighted by molar-refractivity contribution is 6.03. The summed E-state index contributed by atoms with van der Waals surface area (Å²) in [4.78, 5) is 28.0. The molecular weight excluding hydrogens is 280 g/mol. The van der Waals surface area contributed by atoms with E-state index in [-0.39, 0.29) is 11.9 Å². The van der Waals surface area contributed by atoms with Crippen molar-refractivity contribution >= 4 is 17.6 Å². The number of amides is 3. The molecule has 3 amide bonds. The van der Waals surface area contributed by atoms with Crippen LogP contribution in [0.1, 0.15) is 23.0 Å². The van der Waals surface area contributed by atoms with Crippen LogP contribution >= 0.6 is 0 Å². The lowest BCUT2D eigenvalue weighted by atomic mass is 10.1. The molecule has 0 atom stereocenters. The van der Waals surface area contributed by atoms with Crippen LogP contribution in [0.15, 0.2) is 48.7 Å². The maximum Gasteiger partial charge on any atom is 0.319 e. The summed E-state index contributed by atoms with van der Waals surface area (Å²) in [7, 11) is 0. The first-order chi connectivity index (χ1) is 10.7. The number of anilines is 1. The molecule has 0 saturated carbocycles. The summed E-state index contributed by atoms with van der Waals surface area (Å²) in [6.07, 6.45) is 1.67. The van der Waals surface area contributed by atoms with Gasteiger partial charge in [-0.3, -0.25) is 9.78 Å². The Balaban J connectivity index is 2.04. The van der Waals surface area contributed by atoms with Crippen molar-refractivity contribution in [2.24, 2.45) is 0 Å². The van der Waals surface area contributed by atoms with Gasteiger partial charge in [0.15, 0.2) is 0 Å². The number of pyridine rings is 1. The van der Waals surface area contributed by atoms with Crippen molar-refractivity contribution in [1.29, 1.82) is 0 Å². The van der Waals surface area contributed by atoms with Crippen LogP contribution in [0.4, 0.5) is 10.5 Å². The molecule has 2 aromatic rings. The van der Waals surface area contributed by atoms with Gasteiger partial charge in [0.2, 0.25) is 0 Å². The number of aromatic nitrogens is 1. The second-order valence-electron chi connectivity index (χ2n) is 4.53. The van der Waals surface area contributed by atoms with Crippen molar-refractivity contribution in [2.75, 3.05) is 11.9 Å². The Morgan fingerprint density at radius 1 is 1.05 bits per heavy atom. The van der Waals surface area contributed by atoms with Gasteiger partial charge in [0.1, 0.15) is 0 Å². The molecule has 0 radical (unpaired) electrons. The lowest BCUT2D eigenvalue weighted by Gasteiger charge is -2.11. The Bertz CT molecular complexity index is 644. The fourth-order valence-electron chi connectivity index (χ4n) is 1.89. The Morgan fingerprint density at radius 3 is 2.55 bits per heavy atom. The van der Waals surface area contributed by atoms with E-state index in [2.05, 4.69) is 20.9 Å². The first-order valence-electron chi connectivity index (χ1n) is 7.02. The molecule has 1 aromatic heterocycles. The first-order valence-corrected chi connectivity index (χ1v) is 7.02. The van der Waals surface area contributed by atoms with Crippen LogP contribution in [-0.2, 0) is 6.54 Å². The summed E-state index contributed by atoms with van der Waals surface area (Å²) in [5.74, 6) is -0.266. The van der Waals surface area contributed by atoms with Crippen LogP contribution in [0.2, 0.25) is 0 Å². The Hall–Kier alpha value is -2.89. The minimum absolute atomic E-state index is 0.266. The average Bonchev–Trinajstić information content (AvgIpc) is 2.54. The van der Waals surface area contributed by atoms with Crippen molar-refractivity contribution in [2.45, 2.75) is 13.5 Å². The van der Waals surface area contributed by atoms with Crippen LogP contribution in [0.3, 0.4) is 0 Å². The van der Waals surface area contributed by atoms with E-state index >= 15 is 0 Å². The third kappa shape index (κ3) is 4.31. The van der Waals surface area contributed by atoms with Crippen molar-refractivity contribution < 1.29 is 9.59 Å². The zero-order valence-electron chi connectivity index (χ0n) is 12.3. The Morgan fingerprint density at radius 2 is 1.82 bits per heavy atom. The lowest BCUT2D eigenvalue weighted by Crippen LogP contribution is -2.30. The Kier molecular flexibility index (Phi) is 5.48. The molecule has 0 aliphatic heterocycles. The first kappa shape index (κ1) is 15.5. The van der Waals surface area contributed by atoms with Crippen LogP contribution in [0.5, 0.6) is 0 Å². The van der Waals surface area contributed by atoms with Crippen molar-refractivity contribution in [3.63, 3.8) is 0 Å². The number of nitrogens with one attached hydrogen (secondary N) is 3. The molecule has 22 heavy (non-hydrogen) atoms. The minimum atomic E-state index is -0.340. The molecule has 6 nitrogen and oxygen atoms in total. The number of carbonyl (C=O) groups excluding carboxylic acids is 2. The van der Waals surface area contributed by atoms with Crippen molar-refractivity contribution in [3.05, 3.63) is 59.9 Å². The predicted molar refractivity (Wildman–Crippen MR) is 84.5 cm³/mol. The number of rotatable bonds is 5. The summed E-state index contributed by atoms with van der Waals surface area (Å²) >= 11 is 0. The number of hydrogen-bond acceptors (Lipinski definition) is 3. The van der Waals surface area contributed by atoms with Gasteiger partial charge in [0.25, 0.3) is 5.91 Å². The normalized spacial score (nSPS) is 9.86. The van der Waals surface area contributed by atoms with E-state index in [0.29, 0.717) is 24.3 Å². The van der Waals surface area contributed by atoms with Gasteiger partial charge in [0, 0.05) is 12.7 Å². The maximum absolute atomic E-state index is 12.3. The summed E-state index contributed by atoms with van der Waals surface area (Å²) in [6.45, 7) is 2.67. The topological polar surface area (TPSA) is 83.1 Å². The van der Waals surface area contributed by atoms with E-state index in [1.165, 1.54) is 0 Å². The van der Waals surface area contributed by atoms with Gasteiger partial charge in [-0.15, -0.1) is 0 Å². The van der Waals surface area contributed by atoms with Crippen LogP contribution in [0.25, 0.3) is 0 Å². The molecule has 0 saturated heterocycles. The number of urea groups is 1. The molecule has 2 rings (SSSR count). The molecule has 0 spiro atoms. The monoisotopic (exact) mass is 298 g/mol. The van der Waals surface area contributed by atoms with E-state index in [0.717, 1.165) is 5.69 Å². The molecule has 0 aliphatic carbocycles. The predicted octanol–water partition coefficient (Wildman–Crippen LogP) is 2.15. The van der Waals surface area contributed by atoms with Gasteiger partial charge in [-0.1, -0.05) is 18.2 Å². The highest BCUT2D eigenvalue weighted by atomic mass is 16.2. The summed E-state index contributed by atoms with van der Waals surface area (Å²) in [5, 5.41) is 8.08. The van der Waals surface area contributed by atoms with E-state index in [4.69, 9.17) is 0 Å². The average molecular weight is 298 g/mol. The van der Waals surface area contributed by atoms with Crippen molar-refractivity contribution in [3.8, 4) is 0 Å².